The standard InChI is InChI=1S/C18H18N4O/c1-14-21-16(13-22(14)17-5-3-2-4-6-17)9-12-20-18(23)15-7-10-19-11-8-15/h2-8,10-11,13H,9,12H2,1H3,(H,20,23). The Balaban J connectivity index is 1.60. The Labute approximate surface area is 135 Å². The van der Waals surface area contributed by atoms with Crippen molar-refractivity contribution in [2.45, 2.75) is 13.3 Å². The minimum atomic E-state index is -0.0911. The van der Waals surface area contributed by atoms with Gasteiger partial charge >= 0.3 is 0 Å². The lowest BCUT2D eigenvalue weighted by Gasteiger charge is -2.04. The van der Waals surface area contributed by atoms with Crippen LogP contribution in [-0.2, 0) is 6.42 Å². The number of carbonyl (C=O) groups is 1. The van der Waals surface area contributed by atoms with Crippen LogP contribution in [0.25, 0.3) is 5.69 Å². The molecule has 0 unspecified atom stereocenters. The monoisotopic (exact) mass is 306 g/mol. The Bertz CT molecular complexity index is 781. The highest BCUT2D eigenvalue weighted by molar-refractivity contribution is 5.93. The van der Waals surface area contributed by atoms with Gasteiger partial charge in [-0.1, -0.05) is 18.2 Å². The van der Waals surface area contributed by atoms with Gasteiger partial charge in [-0.05, 0) is 31.2 Å². The molecule has 0 atom stereocenters. The molecule has 0 saturated heterocycles. The summed E-state index contributed by atoms with van der Waals surface area (Å²) in [7, 11) is 0. The zero-order valence-electron chi connectivity index (χ0n) is 12.9. The summed E-state index contributed by atoms with van der Waals surface area (Å²) >= 11 is 0. The lowest BCUT2D eigenvalue weighted by Crippen LogP contribution is -2.25. The number of amides is 1. The van der Waals surface area contributed by atoms with E-state index in [1.807, 2.05) is 43.5 Å². The molecule has 0 aliphatic heterocycles. The van der Waals surface area contributed by atoms with Crippen LogP contribution in [0.15, 0.2) is 61.1 Å². The third-order valence-corrected chi connectivity index (χ3v) is 3.58. The van der Waals surface area contributed by atoms with Gasteiger partial charge in [0.15, 0.2) is 0 Å². The molecule has 0 radical (unpaired) electrons. The van der Waals surface area contributed by atoms with Crippen molar-refractivity contribution < 1.29 is 4.79 Å². The van der Waals surface area contributed by atoms with Crippen molar-refractivity contribution in [2.75, 3.05) is 6.54 Å². The lowest BCUT2D eigenvalue weighted by molar-refractivity contribution is 0.0954. The maximum absolute atomic E-state index is 12.0. The summed E-state index contributed by atoms with van der Waals surface area (Å²) < 4.78 is 2.06. The number of nitrogens with zero attached hydrogens (tertiary/aromatic N) is 3. The summed E-state index contributed by atoms with van der Waals surface area (Å²) in [6.07, 6.45) is 5.93. The fourth-order valence-electron chi connectivity index (χ4n) is 2.41. The highest BCUT2D eigenvalue weighted by Crippen LogP contribution is 2.12. The van der Waals surface area contributed by atoms with E-state index in [2.05, 4.69) is 19.9 Å². The topological polar surface area (TPSA) is 59.8 Å². The SMILES string of the molecule is Cc1nc(CCNC(=O)c2ccncc2)cn1-c1ccccc1. The normalized spacial score (nSPS) is 10.5. The van der Waals surface area contributed by atoms with Gasteiger partial charge in [-0.2, -0.15) is 0 Å². The number of nitrogens with one attached hydrogen (secondary N) is 1. The summed E-state index contributed by atoms with van der Waals surface area (Å²) in [5.74, 6) is 0.846. The van der Waals surface area contributed by atoms with Crippen LogP contribution in [0.1, 0.15) is 21.9 Å². The highest BCUT2D eigenvalue weighted by atomic mass is 16.1. The molecule has 2 heterocycles. The first kappa shape index (κ1) is 15.0. The summed E-state index contributed by atoms with van der Waals surface area (Å²) in [6, 6.07) is 13.5. The molecular weight excluding hydrogens is 288 g/mol. The van der Waals surface area contributed by atoms with Crippen LogP contribution < -0.4 is 5.32 Å². The van der Waals surface area contributed by atoms with E-state index < -0.39 is 0 Å². The second-order valence-corrected chi connectivity index (χ2v) is 5.23. The summed E-state index contributed by atoms with van der Waals surface area (Å²) in [5.41, 5.74) is 2.66. The molecule has 1 N–H and O–H groups in total. The predicted octanol–water partition coefficient (Wildman–Crippen LogP) is 2.55. The van der Waals surface area contributed by atoms with Gasteiger partial charge in [0.05, 0.1) is 5.69 Å². The quantitative estimate of drug-likeness (QED) is 0.788. The predicted molar refractivity (Wildman–Crippen MR) is 88.6 cm³/mol. The van der Waals surface area contributed by atoms with E-state index in [4.69, 9.17) is 0 Å². The van der Waals surface area contributed by atoms with E-state index in [0.717, 1.165) is 17.2 Å². The average Bonchev–Trinajstić information content (AvgIpc) is 2.97. The lowest BCUT2D eigenvalue weighted by atomic mass is 10.2. The number of pyridine rings is 1. The fourth-order valence-corrected chi connectivity index (χ4v) is 2.41. The van der Waals surface area contributed by atoms with Crippen molar-refractivity contribution in [3.05, 3.63) is 78.1 Å². The first-order chi connectivity index (χ1) is 11.2. The van der Waals surface area contributed by atoms with E-state index >= 15 is 0 Å². The van der Waals surface area contributed by atoms with Crippen LogP contribution in [0, 0.1) is 6.92 Å². The van der Waals surface area contributed by atoms with Crippen LogP contribution >= 0.6 is 0 Å². The zero-order valence-corrected chi connectivity index (χ0v) is 12.9. The molecule has 0 bridgehead atoms. The Morgan fingerprint density at radius 1 is 1.13 bits per heavy atom. The first-order valence-electron chi connectivity index (χ1n) is 7.52. The van der Waals surface area contributed by atoms with Crippen LogP contribution in [0.3, 0.4) is 0 Å². The average molecular weight is 306 g/mol. The molecular formula is C18H18N4O. The van der Waals surface area contributed by atoms with E-state index in [1.165, 1.54) is 0 Å². The van der Waals surface area contributed by atoms with Gasteiger partial charge in [-0.15, -0.1) is 0 Å². The van der Waals surface area contributed by atoms with Crippen molar-refractivity contribution in [1.82, 2.24) is 19.9 Å². The smallest absolute Gasteiger partial charge is 0.251 e. The molecule has 1 amide bonds. The van der Waals surface area contributed by atoms with Crippen molar-refractivity contribution in [3.8, 4) is 5.69 Å². The van der Waals surface area contributed by atoms with Crippen molar-refractivity contribution in [2.24, 2.45) is 0 Å². The molecule has 3 aromatic rings. The molecule has 3 rings (SSSR count). The molecule has 116 valence electrons. The fraction of sp³-hybridized carbons (Fsp3) is 0.167. The molecule has 0 aliphatic carbocycles. The maximum Gasteiger partial charge on any atom is 0.251 e. The van der Waals surface area contributed by atoms with Crippen LogP contribution in [0.4, 0.5) is 0 Å². The van der Waals surface area contributed by atoms with Gasteiger partial charge in [0.25, 0.3) is 5.91 Å². The van der Waals surface area contributed by atoms with Crippen molar-refractivity contribution in [3.63, 3.8) is 0 Å². The van der Waals surface area contributed by atoms with E-state index in [9.17, 15) is 4.79 Å². The molecule has 0 saturated carbocycles. The number of hydrogen-bond donors (Lipinski definition) is 1. The van der Waals surface area contributed by atoms with Gasteiger partial charge in [0.2, 0.25) is 0 Å². The van der Waals surface area contributed by atoms with Crippen molar-refractivity contribution >= 4 is 5.91 Å². The minimum Gasteiger partial charge on any atom is -0.352 e. The minimum absolute atomic E-state index is 0.0911. The number of para-hydroxylation sites is 1. The second-order valence-electron chi connectivity index (χ2n) is 5.23. The molecule has 5 nitrogen and oxygen atoms in total. The Kier molecular flexibility index (Phi) is 4.47. The van der Waals surface area contributed by atoms with Crippen LogP contribution in [0.2, 0.25) is 0 Å². The molecule has 0 spiro atoms. The molecule has 23 heavy (non-hydrogen) atoms. The largest absolute Gasteiger partial charge is 0.352 e. The first-order valence-corrected chi connectivity index (χ1v) is 7.52. The van der Waals surface area contributed by atoms with Crippen molar-refractivity contribution in [1.29, 1.82) is 0 Å². The van der Waals surface area contributed by atoms with Gasteiger partial charge in [0, 0.05) is 42.8 Å². The zero-order chi connectivity index (χ0) is 16.1. The van der Waals surface area contributed by atoms with Gasteiger partial charge in [-0.25, -0.2) is 4.98 Å². The molecule has 1 aromatic carbocycles. The summed E-state index contributed by atoms with van der Waals surface area (Å²) in [6.45, 7) is 2.53. The number of imidazole rings is 1. The molecule has 0 fully saturated rings. The van der Waals surface area contributed by atoms with Crippen LogP contribution in [-0.4, -0.2) is 27.0 Å². The summed E-state index contributed by atoms with van der Waals surface area (Å²) in [5, 5.41) is 2.90. The molecule has 5 heteroatoms. The summed E-state index contributed by atoms with van der Waals surface area (Å²) in [4.78, 5) is 20.4. The van der Waals surface area contributed by atoms with E-state index in [0.29, 0.717) is 18.5 Å². The molecule has 2 aromatic heterocycles. The number of hydrogen-bond acceptors (Lipinski definition) is 3. The van der Waals surface area contributed by atoms with E-state index in [1.54, 1.807) is 24.5 Å². The van der Waals surface area contributed by atoms with Crippen LogP contribution in [0.5, 0.6) is 0 Å². The second kappa shape index (κ2) is 6.87. The Morgan fingerprint density at radius 3 is 2.61 bits per heavy atom. The number of aromatic nitrogens is 3. The Morgan fingerprint density at radius 2 is 1.87 bits per heavy atom. The maximum atomic E-state index is 12.0. The van der Waals surface area contributed by atoms with Gasteiger partial charge < -0.3 is 9.88 Å². The highest BCUT2D eigenvalue weighted by Gasteiger charge is 2.07. The van der Waals surface area contributed by atoms with Gasteiger partial charge in [0.1, 0.15) is 5.82 Å². The number of carbonyl (C=O) groups excluding carboxylic acids is 1. The van der Waals surface area contributed by atoms with Gasteiger partial charge in [-0.3, -0.25) is 9.78 Å². The Hall–Kier alpha value is -2.95. The van der Waals surface area contributed by atoms with E-state index in [-0.39, 0.29) is 5.91 Å². The number of rotatable bonds is 5. The molecule has 0 aliphatic rings. The third kappa shape index (κ3) is 3.63. The number of aryl methyl sites for hydroxylation is 1. The number of benzene rings is 1. The third-order valence-electron chi connectivity index (χ3n) is 3.58.